The standard InChI is InChI=1S/C11H16F3NO3/c1-6(10(17)18)15-9(16)7-2-4-8(5-3-7)11(12,13)14/h6-8H,2-5H2,1H3,(H,15,16)(H,17,18)/t6-,7?,8?/m0/s1. The maximum Gasteiger partial charge on any atom is 0.391 e. The third-order valence-electron chi connectivity index (χ3n) is 3.29. The van der Waals surface area contributed by atoms with E-state index in [-0.39, 0.29) is 25.7 Å². The Morgan fingerprint density at radius 1 is 1.22 bits per heavy atom. The smallest absolute Gasteiger partial charge is 0.391 e. The highest BCUT2D eigenvalue weighted by Gasteiger charge is 2.42. The number of amides is 1. The average Bonchev–Trinajstić information content (AvgIpc) is 2.27. The van der Waals surface area contributed by atoms with Crippen LogP contribution in [0.5, 0.6) is 0 Å². The minimum absolute atomic E-state index is 0.0664. The number of rotatable bonds is 3. The van der Waals surface area contributed by atoms with Crippen molar-refractivity contribution in [1.82, 2.24) is 5.32 Å². The minimum atomic E-state index is -4.20. The lowest BCUT2D eigenvalue weighted by Gasteiger charge is -2.29. The molecule has 1 rings (SSSR count). The molecule has 0 aromatic rings. The molecule has 1 saturated carbocycles. The average molecular weight is 267 g/mol. The van der Waals surface area contributed by atoms with Crippen molar-refractivity contribution in [2.45, 2.75) is 44.8 Å². The Morgan fingerprint density at radius 2 is 1.72 bits per heavy atom. The molecular weight excluding hydrogens is 251 g/mol. The van der Waals surface area contributed by atoms with Gasteiger partial charge in [0.25, 0.3) is 0 Å². The van der Waals surface area contributed by atoms with Crippen molar-refractivity contribution in [3.63, 3.8) is 0 Å². The molecule has 4 nitrogen and oxygen atoms in total. The van der Waals surface area contributed by atoms with Gasteiger partial charge in [0.2, 0.25) is 5.91 Å². The van der Waals surface area contributed by atoms with E-state index in [4.69, 9.17) is 5.11 Å². The second-order valence-electron chi connectivity index (χ2n) is 4.66. The van der Waals surface area contributed by atoms with Gasteiger partial charge >= 0.3 is 12.1 Å². The number of halogens is 3. The van der Waals surface area contributed by atoms with Gasteiger partial charge in [0.05, 0.1) is 5.92 Å². The Kier molecular flexibility index (Phi) is 4.59. The predicted octanol–water partition coefficient (Wildman–Crippen LogP) is 1.94. The zero-order chi connectivity index (χ0) is 13.9. The monoisotopic (exact) mass is 267 g/mol. The van der Waals surface area contributed by atoms with E-state index < -0.39 is 35.9 Å². The number of nitrogens with one attached hydrogen (secondary N) is 1. The maximum absolute atomic E-state index is 12.4. The molecule has 104 valence electrons. The van der Waals surface area contributed by atoms with E-state index in [1.807, 2.05) is 0 Å². The third-order valence-corrected chi connectivity index (χ3v) is 3.29. The number of hydrogen-bond donors (Lipinski definition) is 2. The second kappa shape index (κ2) is 5.58. The largest absolute Gasteiger partial charge is 0.480 e. The van der Waals surface area contributed by atoms with Crippen molar-refractivity contribution < 1.29 is 27.9 Å². The molecule has 0 saturated heterocycles. The fourth-order valence-corrected chi connectivity index (χ4v) is 2.08. The number of carboxylic acids is 1. The Morgan fingerprint density at radius 3 is 2.11 bits per heavy atom. The normalized spacial score (nSPS) is 26.4. The maximum atomic E-state index is 12.4. The zero-order valence-corrected chi connectivity index (χ0v) is 9.96. The molecule has 0 aromatic carbocycles. The molecule has 2 N–H and O–H groups in total. The molecule has 0 heterocycles. The topological polar surface area (TPSA) is 66.4 Å². The fourth-order valence-electron chi connectivity index (χ4n) is 2.08. The van der Waals surface area contributed by atoms with Crippen LogP contribution in [0.25, 0.3) is 0 Å². The van der Waals surface area contributed by atoms with E-state index in [0.29, 0.717) is 0 Å². The van der Waals surface area contributed by atoms with Crippen molar-refractivity contribution in [3.05, 3.63) is 0 Å². The van der Waals surface area contributed by atoms with Gasteiger partial charge in [-0.05, 0) is 32.6 Å². The highest BCUT2D eigenvalue weighted by atomic mass is 19.4. The molecule has 1 aliphatic carbocycles. The van der Waals surface area contributed by atoms with Gasteiger partial charge in [-0.2, -0.15) is 13.2 Å². The molecule has 1 atom stereocenters. The van der Waals surface area contributed by atoms with E-state index in [0.717, 1.165) is 0 Å². The molecule has 18 heavy (non-hydrogen) atoms. The summed E-state index contributed by atoms with van der Waals surface area (Å²) in [7, 11) is 0. The number of aliphatic carboxylic acids is 1. The molecule has 1 aliphatic rings. The molecule has 0 aliphatic heterocycles. The quantitative estimate of drug-likeness (QED) is 0.821. The highest BCUT2D eigenvalue weighted by molar-refractivity contribution is 5.84. The van der Waals surface area contributed by atoms with Gasteiger partial charge in [-0.1, -0.05) is 0 Å². The van der Waals surface area contributed by atoms with Crippen LogP contribution in [-0.4, -0.2) is 29.2 Å². The zero-order valence-electron chi connectivity index (χ0n) is 9.96. The van der Waals surface area contributed by atoms with Gasteiger partial charge in [-0.25, -0.2) is 0 Å². The Bertz CT molecular complexity index is 322. The molecule has 0 bridgehead atoms. The van der Waals surface area contributed by atoms with Gasteiger partial charge < -0.3 is 10.4 Å². The number of carbonyl (C=O) groups excluding carboxylic acids is 1. The van der Waals surface area contributed by atoms with Crippen LogP contribution in [-0.2, 0) is 9.59 Å². The number of carboxylic acid groups (broad SMARTS) is 1. The van der Waals surface area contributed by atoms with Crippen molar-refractivity contribution >= 4 is 11.9 Å². The Hall–Kier alpha value is -1.27. The van der Waals surface area contributed by atoms with E-state index in [2.05, 4.69) is 5.32 Å². The summed E-state index contributed by atoms with van der Waals surface area (Å²) < 4.78 is 37.2. The molecule has 1 fully saturated rings. The minimum Gasteiger partial charge on any atom is -0.480 e. The van der Waals surface area contributed by atoms with E-state index in [1.54, 1.807) is 0 Å². The summed E-state index contributed by atoms with van der Waals surface area (Å²) in [5, 5.41) is 10.9. The van der Waals surface area contributed by atoms with Crippen LogP contribution in [0.4, 0.5) is 13.2 Å². The first-order chi connectivity index (χ1) is 8.21. The van der Waals surface area contributed by atoms with Crippen LogP contribution in [0, 0.1) is 11.8 Å². The van der Waals surface area contributed by atoms with Crippen LogP contribution in [0.3, 0.4) is 0 Å². The molecule has 0 spiro atoms. The van der Waals surface area contributed by atoms with Crippen LogP contribution in [0.2, 0.25) is 0 Å². The van der Waals surface area contributed by atoms with E-state index >= 15 is 0 Å². The predicted molar refractivity (Wildman–Crippen MR) is 56.7 cm³/mol. The van der Waals surface area contributed by atoms with Crippen molar-refractivity contribution in [1.29, 1.82) is 0 Å². The lowest BCUT2D eigenvalue weighted by molar-refractivity contribution is -0.184. The molecule has 0 aromatic heterocycles. The van der Waals surface area contributed by atoms with Gasteiger partial charge in [0.15, 0.2) is 0 Å². The van der Waals surface area contributed by atoms with Gasteiger partial charge in [0.1, 0.15) is 6.04 Å². The van der Waals surface area contributed by atoms with E-state index in [1.165, 1.54) is 6.92 Å². The Labute approximate surface area is 103 Å². The lowest BCUT2D eigenvalue weighted by Crippen LogP contribution is -2.43. The molecule has 0 radical (unpaired) electrons. The summed E-state index contributed by atoms with van der Waals surface area (Å²) in [5.41, 5.74) is 0. The SMILES string of the molecule is C[C@H](NC(=O)C1CCC(C(F)(F)F)CC1)C(=O)O. The van der Waals surface area contributed by atoms with Crippen molar-refractivity contribution in [2.75, 3.05) is 0 Å². The molecular formula is C11H16F3NO3. The fraction of sp³-hybridized carbons (Fsp3) is 0.818. The van der Waals surface area contributed by atoms with Crippen LogP contribution >= 0.6 is 0 Å². The number of alkyl halides is 3. The molecule has 7 heteroatoms. The lowest BCUT2D eigenvalue weighted by atomic mass is 9.81. The third kappa shape index (κ3) is 3.89. The number of carbonyl (C=O) groups is 2. The van der Waals surface area contributed by atoms with Crippen LogP contribution < -0.4 is 5.32 Å². The summed E-state index contributed by atoms with van der Waals surface area (Å²) in [6.07, 6.45) is -4.02. The van der Waals surface area contributed by atoms with Crippen molar-refractivity contribution in [3.8, 4) is 0 Å². The number of hydrogen-bond acceptors (Lipinski definition) is 2. The first kappa shape index (κ1) is 14.8. The first-order valence-corrected chi connectivity index (χ1v) is 5.81. The van der Waals surface area contributed by atoms with Gasteiger partial charge in [0, 0.05) is 5.92 Å². The van der Waals surface area contributed by atoms with Crippen molar-refractivity contribution in [2.24, 2.45) is 11.8 Å². The molecule has 0 unspecified atom stereocenters. The summed E-state index contributed by atoms with van der Waals surface area (Å²) >= 11 is 0. The summed E-state index contributed by atoms with van der Waals surface area (Å²) in [4.78, 5) is 22.2. The van der Waals surface area contributed by atoms with Gasteiger partial charge in [-0.3, -0.25) is 9.59 Å². The van der Waals surface area contributed by atoms with Crippen LogP contribution in [0.15, 0.2) is 0 Å². The second-order valence-corrected chi connectivity index (χ2v) is 4.66. The Balaban J connectivity index is 2.43. The van der Waals surface area contributed by atoms with Gasteiger partial charge in [-0.15, -0.1) is 0 Å². The summed E-state index contributed by atoms with van der Waals surface area (Å²) in [6, 6.07) is -1.02. The van der Waals surface area contributed by atoms with E-state index in [9.17, 15) is 22.8 Å². The van der Waals surface area contributed by atoms with Crippen LogP contribution in [0.1, 0.15) is 32.6 Å². The summed E-state index contributed by atoms with van der Waals surface area (Å²) in [5.74, 6) is -3.47. The highest BCUT2D eigenvalue weighted by Crippen LogP contribution is 2.39. The molecule has 1 amide bonds. The first-order valence-electron chi connectivity index (χ1n) is 5.81. The summed E-state index contributed by atoms with van der Waals surface area (Å²) in [6.45, 7) is 1.32.